The monoisotopic (exact) mass is 246 g/mol. The van der Waals surface area contributed by atoms with E-state index in [1.54, 1.807) is 0 Å². The van der Waals surface area contributed by atoms with Gasteiger partial charge in [-0.1, -0.05) is 65.7 Å². The fourth-order valence-electron chi connectivity index (χ4n) is 2.31. The number of alkyl halides is 1. The van der Waals surface area contributed by atoms with Crippen molar-refractivity contribution >= 4 is 11.6 Å². The summed E-state index contributed by atoms with van der Waals surface area (Å²) in [7, 11) is 0. The molecule has 0 aliphatic carbocycles. The number of hydrogen-bond acceptors (Lipinski definition) is 0. The average molecular weight is 247 g/mol. The van der Waals surface area contributed by atoms with E-state index in [1.165, 1.54) is 57.8 Å². The highest BCUT2D eigenvalue weighted by Crippen LogP contribution is 2.20. The Morgan fingerprint density at radius 1 is 0.875 bits per heavy atom. The van der Waals surface area contributed by atoms with Gasteiger partial charge in [0.25, 0.3) is 0 Å². The summed E-state index contributed by atoms with van der Waals surface area (Å²) in [5, 5.41) is 0. The zero-order valence-corrected chi connectivity index (χ0v) is 12.4. The van der Waals surface area contributed by atoms with Crippen LogP contribution >= 0.6 is 11.6 Å². The Hall–Kier alpha value is 0.290. The summed E-state index contributed by atoms with van der Waals surface area (Å²) >= 11 is 5.99. The minimum atomic E-state index is 0.761. The van der Waals surface area contributed by atoms with Crippen molar-refractivity contribution in [3.63, 3.8) is 0 Å². The third-order valence-electron chi connectivity index (χ3n) is 3.24. The van der Waals surface area contributed by atoms with Crippen LogP contribution in [0.1, 0.15) is 78.6 Å². The Balaban J connectivity index is 3.27. The summed E-state index contributed by atoms with van der Waals surface area (Å²) < 4.78 is 0. The van der Waals surface area contributed by atoms with Gasteiger partial charge in [-0.25, -0.2) is 0 Å². The standard InChI is InChI=1S/C15H31Cl/c1-4-5-6-7-8-9-10-11-15(13-16)12-14(2)3/h14-15H,4-13H2,1-3H3. The summed E-state index contributed by atoms with van der Waals surface area (Å²) in [5.74, 6) is 2.42. The van der Waals surface area contributed by atoms with Crippen LogP contribution in [0.4, 0.5) is 0 Å². The fraction of sp³-hybridized carbons (Fsp3) is 1.00. The van der Waals surface area contributed by atoms with Gasteiger partial charge in [-0.05, 0) is 24.7 Å². The molecule has 0 radical (unpaired) electrons. The van der Waals surface area contributed by atoms with E-state index in [1.807, 2.05) is 0 Å². The SMILES string of the molecule is CCCCCCCCCC(CCl)CC(C)C. The quantitative estimate of drug-likeness (QED) is 0.309. The highest BCUT2D eigenvalue weighted by molar-refractivity contribution is 6.18. The van der Waals surface area contributed by atoms with E-state index in [0.29, 0.717) is 0 Å². The third kappa shape index (κ3) is 10.8. The van der Waals surface area contributed by atoms with E-state index in [0.717, 1.165) is 17.7 Å². The van der Waals surface area contributed by atoms with E-state index in [4.69, 9.17) is 11.6 Å². The van der Waals surface area contributed by atoms with E-state index in [-0.39, 0.29) is 0 Å². The van der Waals surface area contributed by atoms with Gasteiger partial charge in [0.05, 0.1) is 0 Å². The van der Waals surface area contributed by atoms with Crippen LogP contribution in [0.5, 0.6) is 0 Å². The van der Waals surface area contributed by atoms with Gasteiger partial charge in [-0.15, -0.1) is 11.6 Å². The number of halogens is 1. The van der Waals surface area contributed by atoms with Crippen molar-refractivity contribution in [2.24, 2.45) is 11.8 Å². The highest BCUT2D eigenvalue weighted by atomic mass is 35.5. The average Bonchev–Trinajstić information content (AvgIpc) is 2.25. The van der Waals surface area contributed by atoms with E-state index in [2.05, 4.69) is 20.8 Å². The second-order valence-corrected chi connectivity index (χ2v) is 5.87. The highest BCUT2D eigenvalue weighted by Gasteiger charge is 2.08. The molecule has 0 bridgehead atoms. The maximum absolute atomic E-state index is 5.99. The van der Waals surface area contributed by atoms with Crippen LogP contribution in [0.25, 0.3) is 0 Å². The number of rotatable bonds is 11. The Morgan fingerprint density at radius 2 is 1.44 bits per heavy atom. The first kappa shape index (κ1) is 16.3. The van der Waals surface area contributed by atoms with Crippen molar-refractivity contribution in [1.82, 2.24) is 0 Å². The summed E-state index contributed by atoms with van der Waals surface area (Å²) in [4.78, 5) is 0. The van der Waals surface area contributed by atoms with Crippen molar-refractivity contribution < 1.29 is 0 Å². The molecule has 1 unspecified atom stereocenters. The van der Waals surface area contributed by atoms with Crippen molar-refractivity contribution in [3.8, 4) is 0 Å². The molecule has 0 aromatic carbocycles. The molecule has 0 N–H and O–H groups in total. The Labute approximate surface area is 108 Å². The van der Waals surface area contributed by atoms with Gasteiger partial charge in [0.1, 0.15) is 0 Å². The summed E-state index contributed by atoms with van der Waals surface area (Å²) in [5.41, 5.74) is 0. The van der Waals surface area contributed by atoms with Crippen LogP contribution in [0, 0.1) is 11.8 Å². The molecule has 0 spiro atoms. The molecule has 0 nitrogen and oxygen atoms in total. The lowest BCUT2D eigenvalue weighted by Gasteiger charge is -2.15. The van der Waals surface area contributed by atoms with E-state index >= 15 is 0 Å². The predicted molar refractivity (Wildman–Crippen MR) is 76.3 cm³/mol. The van der Waals surface area contributed by atoms with Crippen molar-refractivity contribution in [1.29, 1.82) is 0 Å². The second-order valence-electron chi connectivity index (χ2n) is 5.56. The lowest BCUT2D eigenvalue weighted by atomic mass is 9.93. The van der Waals surface area contributed by atoms with Crippen LogP contribution in [0.15, 0.2) is 0 Å². The molecule has 0 aliphatic heterocycles. The van der Waals surface area contributed by atoms with Gasteiger partial charge in [-0.2, -0.15) is 0 Å². The molecular formula is C15H31Cl. The summed E-state index contributed by atoms with van der Waals surface area (Å²) in [6, 6.07) is 0. The molecule has 0 aliphatic rings. The minimum Gasteiger partial charge on any atom is -0.126 e. The molecule has 0 saturated heterocycles. The first-order valence-corrected chi connectivity index (χ1v) is 7.80. The Morgan fingerprint density at radius 3 is 1.94 bits per heavy atom. The van der Waals surface area contributed by atoms with Gasteiger partial charge in [0.2, 0.25) is 0 Å². The maximum atomic E-state index is 5.99. The van der Waals surface area contributed by atoms with Gasteiger partial charge >= 0.3 is 0 Å². The summed E-state index contributed by atoms with van der Waals surface area (Å²) in [6.45, 7) is 6.87. The zero-order chi connectivity index (χ0) is 12.2. The molecule has 0 fully saturated rings. The minimum absolute atomic E-state index is 0.761. The van der Waals surface area contributed by atoms with Crippen LogP contribution in [0.2, 0.25) is 0 Å². The molecular weight excluding hydrogens is 216 g/mol. The van der Waals surface area contributed by atoms with Crippen LogP contribution < -0.4 is 0 Å². The number of hydrogen-bond donors (Lipinski definition) is 0. The van der Waals surface area contributed by atoms with Crippen molar-refractivity contribution in [2.45, 2.75) is 78.6 Å². The van der Waals surface area contributed by atoms with Crippen molar-refractivity contribution in [3.05, 3.63) is 0 Å². The largest absolute Gasteiger partial charge is 0.126 e. The lowest BCUT2D eigenvalue weighted by molar-refractivity contribution is 0.401. The molecule has 0 heterocycles. The molecule has 0 amide bonds. The fourth-order valence-corrected chi connectivity index (χ4v) is 2.60. The first-order chi connectivity index (χ1) is 7.70. The number of unbranched alkanes of at least 4 members (excludes halogenated alkanes) is 6. The summed E-state index contributed by atoms with van der Waals surface area (Å²) in [6.07, 6.45) is 12.5. The van der Waals surface area contributed by atoms with Gasteiger partial charge in [0.15, 0.2) is 0 Å². The molecule has 1 atom stereocenters. The molecule has 0 aromatic rings. The third-order valence-corrected chi connectivity index (χ3v) is 3.68. The lowest BCUT2D eigenvalue weighted by Crippen LogP contribution is -2.06. The topological polar surface area (TPSA) is 0 Å². The maximum Gasteiger partial charge on any atom is 0.0251 e. The van der Waals surface area contributed by atoms with Gasteiger partial charge in [-0.3, -0.25) is 0 Å². The van der Waals surface area contributed by atoms with Crippen molar-refractivity contribution in [2.75, 3.05) is 5.88 Å². The molecule has 0 aromatic heterocycles. The normalized spacial score (nSPS) is 13.3. The second kappa shape index (κ2) is 11.8. The molecule has 0 saturated carbocycles. The predicted octanol–water partition coefficient (Wildman–Crippen LogP) is 6.03. The molecule has 1 heteroatoms. The molecule has 16 heavy (non-hydrogen) atoms. The van der Waals surface area contributed by atoms with Crippen LogP contribution in [-0.2, 0) is 0 Å². The van der Waals surface area contributed by atoms with Gasteiger partial charge < -0.3 is 0 Å². The molecule has 98 valence electrons. The molecule has 0 rings (SSSR count). The first-order valence-electron chi connectivity index (χ1n) is 7.26. The van der Waals surface area contributed by atoms with Gasteiger partial charge in [0, 0.05) is 5.88 Å². The van der Waals surface area contributed by atoms with E-state index < -0.39 is 0 Å². The van der Waals surface area contributed by atoms with Crippen LogP contribution in [-0.4, -0.2) is 5.88 Å². The smallest absolute Gasteiger partial charge is 0.0251 e. The van der Waals surface area contributed by atoms with E-state index in [9.17, 15) is 0 Å². The Kier molecular flexibility index (Phi) is 12.0. The zero-order valence-electron chi connectivity index (χ0n) is 11.6. The Bertz CT molecular complexity index is 131. The van der Waals surface area contributed by atoms with Crippen LogP contribution in [0.3, 0.4) is 0 Å².